The van der Waals surface area contributed by atoms with Gasteiger partial charge in [-0.1, -0.05) is 18.6 Å². The van der Waals surface area contributed by atoms with Crippen molar-refractivity contribution in [3.05, 3.63) is 52.7 Å². The number of hydrogen-bond donors (Lipinski definition) is 2. The largest absolute Gasteiger partial charge is 0.388 e. The molecule has 0 spiro atoms. The van der Waals surface area contributed by atoms with Gasteiger partial charge in [0.2, 0.25) is 0 Å². The van der Waals surface area contributed by atoms with Gasteiger partial charge >= 0.3 is 0 Å². The average Bonchev–Trinajstić information content (AvgIpc) is 3.09. The quantitative estimate of drug-likeness (QED) is 0.724. The van der Waals surface area contributed by atoms with Gasteiger partial charge in [-0.05, 0) is 62.4 Å². The molecule has 2 aromatic heterocycles. The Labute approximate surface area is 163 Å². The molecule has 0 unspecified atom stereocenters. The van der Waals surface area contributed by atoms with Crippen molar-refractivity contribution < 1.29 is 5.11 Å². The molecule has 3 aromatic rings. The summed E-state index contributed by atoms with van der Waals surface area (Å²) in [6.45, 7) is 1.78. The monoisotopic (exact) mass is 379 g/mol. The molecule has 0 atom stereocenters. The predicted octanol–water partition coefficient (Wildman–Crippen LogP) is 1.96. The van der Waals surface area contributed by atoms with Crippen LogP contribution in [-0.2, 0) is 6.54 Å². The molecule has 1 aliphatic heterocycles. The SMILES string of the molecule is O=c1c2cnn(-c3ccc(C4CCC4)cc3)c2ncn1CC1(O)CCNCC1. The topological polar surface area (TPSA) is 85.0 Å². The molecule has 1 saturated carbocycles. The number of aromatic nitrogens is 4. The highest BCUT2D eigenvalue weighted by Gasteiger charge is 2.30. The van der Waals surface area contributed by atoms with E-state index in [4.69, 9.17) is 0 Å². The summed E-state index contributed by atoms with van der Waals surface area (Å²) < 4.78 is 3.23. The molecule has 2 fully saturated rings. The summed E-state index contributed by atoms with van der Waals surface area (Å²) in [4.78, 5) is 17.4. The Kier molecular flexibility index (Phi) is 4.29. The average molecular weight is 379 g/mol. The fourth-order valence-corrected chi connectivity index (χ4v) is 4.25. The zero-order valence-corrected chi connectivity index (χ0v) is 15.8. The van der Waals surface area contributed by atoms with Crippen molar-refractivity contribution in [1.82, 2.24) is 24.6 Å². The van der Waals surface area contributed by atoms with Crippen LogP contribution < -0.4 is 10.9 Å². The minimum absolute atomic E-state index is 0.158. The smallest absolute Gasteiger partial charge is 0.264 e. The minimum Gasteiger partial charge on any atom is -0.388 e. The predicted molar refractivity (Wildman–Crippen MR) is 107 cm³/mol. The van der Waals surface area contributed by atoms with Gasteiger partial charge in [0.25, 0.3) is 5.56 Å². The number of nitrogens with zero attached hydrogens (tertiary/aromatic N) is 4. The summed E-state index contributed by atoms with van der Waals surface area (Å²) in [6.07, 6.45) is 8.23. The first-order chi connectivity index (χ1) is 13.6. The fourth-order valence-electron chi connectivity index (χ4n) is 4.25. The second kappa shape index (κ2) is 6.83. The fraction of sp³-hybridized carbons (Fsp3) is 0.476. The first kappa shape index (κ1) is 17.6. The summed E-state index contributed by atoms with van der Waals surface area (Å²) in [5.41, 5.74) is 1.80. The summed E-state index contributed by atoms with van der Waals surface area (Å²) in [7, 11) is 0. The van der Waals surface area contributed by atoms with E-state index in [0.717, 1.165) is 18.8 Å². The lowest BCUT2D eigenvalue weighted by Gasteiger charge is -2.32. The Bertz CT molecular complexity index is 1040. The molecule has 5 rings (SSSR count). The first-order valence-electron chi connectivity index (χ1n) is 10.1. The second-order valence-corrected chi connectivity index (χ2v) is 8.16. The van der Waals surface area contributed by atoms with Crippen molar-refractivity contribution in [1.29, 1.82) is 0 Å². The van der Waals surface area contributed by atoms with E-state index in [1.807, 2.05) is 12.1 Å². The van der Waals surface area contributed by atoms with Crippen LogP contribution in [-0.4, -0.2) is 43.1 Å². The van der Waals surface area contributed by atoms with Crippen LogP contribution >= 0.6 is 0 Å². The van der Waals surface area contributed by atoms with Gasteiger partial charge in [-0.2, -0.15) is 5.10 Å². The van der Waals surface area contributed by atoms with Crippen molar-refractivity contribution in [3.63, 3.8) is 0 Å². The molecule has 3 heterocycles. The van der Waals surface area contributed by atoms with Gasteiger partial charge in [0.1, 0.15) is 11.7 Å². The molecular weight excluding hydrogens is 354 g/mol. The number of fused-ring (bicyclic) bond motifs is 1. The van der Waals surface area contributed by atoms with E-state index in [9.17, 15) is 9.90 Å². The van der Waals surface area contributed by atoms with Crippen LogP contribution in [0.15, 0.2) is 41.6 Å². The highest BCUT2D eigenvalue weighted by atomic mass is 16.3. The summed E-state index contributed by atoms with van der Waals surface area (Å²) in [5, 5.41) is 18.9. The summed E-state index contributed by atoms with van der Waals surface area (Å²) in [5.74, 6) is 0.689. The lowest BCUT2D eigenvalue weighted by atomic mass is 9.80. The van der Waals surface area contributed by atoms with Crippen LogP contribution in [0, 0.1) is 0 Å². The molecule has 7 nitrogen and oxygen atoms in total. The lowest BCUT2D eigenvalue weighted by Crippen LogP contribution is -2.46. The van der Waals surface area contributed by atoms with Crippen molar-refractivity contribution >= 4 is 11.0 Å². The van der Waals surface area contributed by atoms with Gasteiger partial charge in [-0.3, -0.25) is 9.36 Å². The molecule has 28 heavy (non-hydrogen) atoms. The Morgan fingerprint density at radius 1 is 1.18 bits per heavy atom. The standard InChI is InChI=1S/C21H25N5O2/c27-20-18-12-24-26(17-6-4-16(5-7-17)15-2-1-3-15)19(18)23-14-25(20)13-21(28)8-10-22-11-9-21/h4-7,12,14-15,22,28H,1-3,8-11,13H2. The van der Waals surface area contributed by atoms with Crippen LogP contribution in [0.1, 0.15) is 43.6 Å². The van der Waals surface area contributed by atoms with Gasteiger partial charge in [0.15, 0.2) is 5.65 Å². The van der Waals surface area contributed by atoms with Crippen molar-refractivity contribution in [3.8, 4) is 5.69 Å². The van der Waals surface area contributed by atoms with Crippen LogP contribution in [0.2, 0.25) is 0 Å². The zero-order valence-electron chi connectivity index (χ0n) is 15.8. The van der Waals surface area contributed by atoms with E-state index in [1.165, 1.54) is 35.7 Å². The molecule has 0 radical (unpaired) electrons. The van der Waals surface area contributed by atoms with E-state index >= 15 is 0 Å². The van der Waals surface area contributed by atoms with Gasteiger partial charge in [-0.15, -0.1) is 0 Å². The number of nitrogens with one attached hydrogen (secondary N) is 1. The molecular formula is C21H25N5O2. The van der Waals surface area contributed by atoms with Gasteiger partial charge < -0.3 is 10.4 Å². The number of benzene rings is 1. The number of rotatable bonds is 4. The van der Waals surface area contributed by atoms with Crippen LogP contribution in [0.5, 0.6) is 0 Å². The molecule has 7 heteroatoms. The second-order valence-electron chi connectivity index (χ2n) is 8.16. The third-order valence-corrected chi connectivity index (χ3v) is 6.27. The Hall–Kier alpha value is -2.51. The first-order valence-corrected chi connectivity index (χ1v) is 10.1. The highest BCUT2D eigenvalue weighted by Crippen LogP contribution is 2.36. The Balaban J connectivity index is 1.45. The Morgan fingerprint density at radius 3 is 2.61 bits per heavy atom. The number of piperidine rings is 1. The molecule has 0 amide bonds. The van der Waals surface area contributed by atoms with E-state index in [0.29, 0.717) is 29.8 Å². The zero-order chi connectivity index (χ0) is 19.1. The van der Waals surface area contributed by atoms with Crippen LogP contribution in [0.25, 0.3) is 16.7 Å². The van der Waals surface area contributed by atoms with Gasteiger partial charge in [0, 0.05) is 0 Å². The van der Waals surface area contributed by atoms with Gasteiger partial charge in [0.05, 0.1) is 24.0 Å². The summed E-state index contributed by atoms with van der Waals surface area (Å²) >= 11 is 0. The van der Waals surface area contributed by atoms with Crippen molar-refractivity contribution in [2.24, 2.45) is 0 Å². The minimum atomic E-state index is -0.863. The molecule has 2 N–H and O–H groups in total. The third kappa shape index (κ3) is 3.04. The molecule has 1 aliphatic carbocycles. The maximum Gasteiger partial charge on any atom is 0.264 e. The highest BCUT2D eigenvalue weighted by molar-refractivity contribution is 5.74. The van der Waals surface area contributed by atoms with E-state index in [2.05, 4.69) is 27.5 Å². The third-order valence-electron chi connectivity index (χ3n) is 6.27. The van der Waals surface area contributed by atoms with E-state index < -0.39 is 5.60 Å². The number of aliphatic hydroxyl groups is 1. The molecule has 1 aromatic carbocycles. The number of hydrogen-bond acceptors (Lipinski definition) is 5. The molecule has 0 bridgehead atoms. The van der Waals surface area contributed by atoms with Crippen LogP contribution in [0.3, 0.4) is 0 Å². The molecule has 2 aliphatic rings. The van der Waals surface area contributed by atoms with Gasteiger partial charge in [-0.25, -0.2) is 9.67 Å². The summed E-state index contributed by atoms with van der Waals surface area (Å²) in [6, 6.07) is 8.40. The molecule has 146 valence electrons. The molecule has 1 saturated heterocycles. The Morgan fingerprint density at radius 2 is 1.93 bits per heavy atom. The van der Waals surface area contributed by atoms with E-state index in [1.54, 1.807) is 10.9 Å². The van der Waals surface area contributed by atoms with Crippen molar-refractivity contribution in [2.75, 3.05) is 13.1 Å². The van der Waals surface area contributed by atoms with Crippen LogP contribution in [0.4, 0.5) is 0 Å². The van der Waals surface area contributed by atoms with E-state index in [-0.39, 0.29) is 12.1 Å². The normalized spacial score (nSPS) is 19.6. The lowest BCUT2D eigenvalue weighted by molar-refractivity contribution is -0.00627. The van der Waals surface area contributed by atoms with Crippen molar-refractivity contribution in [2.45, 2.75) is 50.2 Å². The maximum absolute atomic E-state index is 12.9. The maximum atomic E-state index is 12.9.